The van der Waals surface area contributed by atoms with E-state index >= 15 is 0 Å². The Morgan fingerprint density at radius 2 is 1.88 bits per heavy atom. The van der Waals surface area contributed by atoms with E-state index in [4.69, 9.17) is 33.6 Å². The molecule has 1 saturated heterocycles. The first-order chi connectivity index (χ1) is 19.4. The number of halogens is 2. The number of carbonyl (C=O) groups excluding carboxylic acids is 4. The van der Waals surface area contributed by atoms with Crippen molar-refractivity contribution < 1.29 is 43.9 Å². The number of carboxylic acid groups (broad SMARTS) is 1. The van der Waals surface area contributed by atoms with Gasteiger partial charge < -0.3 is 41.2 Å². The molecular formula is C24H24BCl2N5O9. The van der Waals surface area contributed by atoms with E-state index in [1.54, 1.807) is 6.07 Å². The second kappa shape index (κ2) is 12.2. The van der Waals surface area contributed by atoms with Gasteiger partial charge in [0, 0.05) is 37.8 Å². The van der Waals surface area contributed by atoms with E-state index in [1.165, 1.54) is 17.0 Å². The normalized spacial score (nSPS) is 17.5. The zero-order chi connectivity index (χ0) is 30.0. The van der Waals surface area contributed by atoms with Gasteiger partial charge in [-0.1, -0.05) is 35.3 Å². The van der Waals surface area contributed by atoms with Crippen LogP contribution < -0.4 is 21.0 Å². The number of urea groups is 1. The summed E-state index contributed by atoms with van der Waals surface area (Å²) in [4.78, 5) is 65.1. The van der Waals surface area contributed by atoms with Gasteiger partial charge in [-0.2, -0.15) is 0 Å². The molecule has 2 aromatic rings. The molecule has 2 aliphatic rings. The molecule has 0 saturated carbocycles. The van der Waals surface area contributed by atoms with Gasteiger partial charge in [-0.05, 0) is 24.1 Å². The lowest BCUT2D eigenvalue weighted by Crippen LogP contribution is -2.60. The molecule has 0 radical (unpaired) electrons. The van der Waals surface area contributed by atoms with Crippen molar-refractivity contribution >= 4 is 60.0 Å². The largest absolute Gasteiger partial charge is 0.547 e. The molecule has 0 bridgehead atoms. The van der Waals surface area contributed by atoms with Crippen molar-refractivity contribution in [3.63, 3.8) is 0 Å². The third-order valence-corrected chi connectivity index (χ3v) is 7.17. The Bertz CT molecular complexity index is 1430. The van der Waals surface area contributed by atoms with E-state index < -0.39 is 54.6 Å². The molecule has 2 atom stereocenters. The molecule has 41 heavy (non-hydrogen) atoms. The average molecular weight is 608 g/mol. The maximum atomic E-state index is 13.6. The van der Waals surface area contributed by atoms with Gasteiger partial charge in [0.25, 0.3) is 0 Å². The van der Waals surface area contributed by atoms with Crippen molar-refractivity contribution in [3.8, 4) is 11.5 Å². The summed E-state index contributed by atoms with van der Waals surface area (Å²) in [5.41, 5.74) is 5.61. The zero-order valence-electron chi connectivity index (χ0n) is 21.2. The van der Waals surface area contributed by atoms with Crippen LogP contribution in [0.5, 0.6) is 11.5 Å². The topological polar surface area (TPSA) is 212 Å². The standard InChI is InChI=1S/C24H24BCl2N5O9/c26-14-10-16(33)15(27)9-13(14)18(30-24(39)32-7-6-31(5-4-28)21(35)22(32)36)20(34)29-17-8-11-2-1-3-12(23(37)38)19(11)41-25(17)40/h1-3,9-10,17-18,33,40H,4-8,28H2,(H,29,34)(H,30,39)(H,37,38)/t17-,18?/m0/s1. The van der Waals surface area contributed by atoms with Gasteiger partial charge >= 0.3 is 30.9 Å². The number of nitrogens with one attached hydrogen (secondary N) is 2. The number of aromatic carboxylic acids is 1. The first kappa shape index (κ1) is 29.9. The molecule has 14 nitrogen and oxygen atoms in total. The summed E-state index contributed by atoms with van der Waals surface area (Å²) in [5.74, 6) is -5.81. The smallest absolute Gasteiger partial charge is 0.534 e. The molecule has 1 fully saturated rings. The molecule has 216 valence electrons. The fourth-order valence-corrected chi connectivity index (χ4v) is 4.92. The van der Waals surface area contributed by atoms with Crippen LogP contribution in [0.3, 0.4) is 0 Å². The average Bonchev–Trinajstić information content (AvgIpc) is 2.92. The minimum atomic E-state index is -1.67. The minimum Gasteiger partial charge on any atom is -0.534 e. The van der Waals surface area contributed by atoms with Gasteiger partial charge in [-0.3, -0.25) is 19.3 Å². The Morgan fingerprint density at radius 3 is 2.56 bits per heavy atom. The molecule has 4 rings (SSSR count). The molecule has 2 aromatic carbocycles. The fourth-order valence-electron chi connectivity index (χ4n) is 4.48. The number of carboxylic acids is 1. The molecule has 0 aromatic heterocycles. The van der Waals surface area contributed by atoms with Crippen molar-refractivity contribution in [2.45, 2.75) is 18.4 Å². The molecule has 17 heteroatoms. The number of phenolic OH excluding ortho intramolecular Hbond substituents is 1. The van der Waals surface area contributed by atoms with E-state index in [2.05, 4.69) is 10.6 Å². The molecule has 2 heterocycles. The zero-order valence-corrected chi connectivity index (χ0v) is 22.7. The van der Waals surface area contributed by atoms with Crippen LogP contribution in [0.4, 0.5) is 4.79 Å². The summed E-state index contributed by atoms with van der Waals surface area (Å²) in [6, 6.07) is 3.82. The van der Waals surface area contributed by atoms with Gasteiger partial charge in [-0.25, -0.2) is 9.59 Å². The highest BCUT2D eigenvalue weighted by atomic mass is 35.5. The van der Waals surface area contributed by atoms with Crippen molar-refractivity contribution in [3.05, 3.63) is 57.1 Å². The molecule has 0 spiro atoms. The molecule has 7 N–H and O–H groups in total. The first-order valence-electron chi connectivity index (χ1n) is 12.2. The number of nitrogens with two attached hydrogens (primary N) is 1. The Labute approximate surface area is 243 Å². The summed E-state index contributed by atoms with van der Waals surface area (Å²) in [6.45, 7) is 0.0931. The van der Waals surface area contributed by atoms with Gasteiger partial charge in [0.1, 0.15) is 17.5 Å². The predicted molar refractivity (Wildman–Crippen MR) is 144 cm³/mol. The molecular weight excluding hydrogens is 584 g/mol. The van der Waals surface area contributed by atoms with Gasteiger partial charge in [0.15, 0.2) is 0 Å². The Balaban J connectivity index is 1.60. The Hall–Kier alpha value is -4.05. The van der Waals surface area contributed by atoms with Crippen LogP contribution in [0.25, 0.3) is 0 Å². The molecule has 1 unspecified atom stereocenters. The highest BCUT2D eigenvalue weighted by Gasteiger charge is 2.41. The van der Waals surface area contributed by atoms with E-state index in [9.17, 15) is 39.2 Å². The van der Waals surface area contributed by atoms with Crippen LogP contribution in [0, 0.1) is 0 Å². The number of aromatic hydroxyl groups is 1. The maximum absolute atomic E-state index is 13.6. The number of fused-ring (bicyclic) bond motifs is 1. The van der Waals surface area contributed by atoms with Crippen LogP contribution >= 0.6 is 23.2 Å². The lowest BCUT2D eigenvalue weighted by molar-refractivity contribution is -0.153. The SMILES string of the molecule is NCCN1CCN(C(=O)NC(C(=O)N[C@H]2Cc3cccc(C(=O)O)c3OB2O)c2cc(Cl)c(O)cc2Cl)C(=O)C1=O. The maximum Gasteiger partial charge on any atom is 0.547 e. The van der Waals surface area contributed by atoms with Crippen LogP contribution in [0.1, 0.15) is 27.5 Å². The number of carbonyl (C=O) groups is 5. The van der Waals surface area contributed by atoms with Gasteiger partial charge in [0.05, 0.1) is 21.5 Å². The monoisotopic (exact) mass is 607 g/mol. The number of amides is 5. The number of rotatable bonds is 7. The van der Waals surface area contributed by atoms with E-state index in [0.29, 0.717) is 10.5 Å². The number of phenols is 1. The number of hydrogen-bond donors (Lipinski definition) is 6. The molecule has 5 amide bonds. The first-order valence-corrected chi connectivity index (χ1v) is 13.0. The summed E-state index contributed by atoms with van der Waals surface area (Å²) in [7, 11) is -1.67. The number of imide groups is 1. The Morgan fingerprint density at radius 1 is 1.15 bits per heavy atom. The van der Waals surface area contributed by atoms with Crippen LogP contribution in [0.15, 0.2) is 30.3 Å². The lowest BCUT2D eigenvalue weighted by atomic mass is 9.72. The number of piperazine rings is 1. The molecule has 2 aliphatic heterocycles. The van der Waals surface area contributed by atoms with Crippen molar-refractivity contribution in [2.24, 2.45) is 5.73 Å². The highest BCUT2D eigenvalue weighted by molar-refractivity contribution is 6.47. The summed E-state index contributed by atoms with van der Waals surface area (Å²) >= 11 is 12.3. The summed E-state index contributed by atoms with van der Waals surface area (Å²) in [5, 5.41) is 34.4. The number of benzene rings is 2. The van der Waals surface area contributed by atoms with E-state index in [0.717, 1.165) is 12.1 Å². The lowest BCUT2D eigenvalue weighted by Gasteiger charge is -2.34. The third-order valence-electron chi connectivity index (χ3n) is 6.54. The van der Waals surface area contributed by atoms with Crippen molar-refractivity contribution in [2.75, 3.05) is 26.2 Å². The van der Waals surface area contributed by atoms with Crippen molar-refractivity contribution in [1.29, 1.82) is 0 Å². The summed E-state index contributed by atoms with van der Waals surface area (Å²) < 4.78 is 5.40. The second-order valence-electron chi connectivity index (χ2n) is 9.17. The fraction of sp³-hybridized carbons (Fsp3) is 0.292. The van der Waals surface area contributed by atoms with E-state index in [1.807, 2.05) is 0 Å². The van der Waals surface area contributed by atoms with Gasteiger partial charge in [-0.15, -0.1) is 0 Å². The number of hydrogen-bond acceptors (Lipinski definition) is 9. The van der Waals surface area contributed by atoms with Crippen molar-refractivity contribution in [1.82, 2.24) is 20.4 Å². The predicted octanol–water partition coefficient (Wildman–Crippen LogP) is -0.0830. The molecule has 0 aliphatic carbocycles. The van der Waals surface area contributed by atoms with Gasteiger partial charge in [0.2, 0.25) is 5.91 Å². The Kier molecular flexibility index (Phi) is 8.92. The second-order valence-corrected chi connectivity index (χ2v) is 9.99. The van der Waals surface area contributed by atoms with Crippen LogP contribution in [-0.2, 0) is 20.8 Å². The third kappa shape index (κ3) is 6.17. The number of para-hydroxylation sites is 1. The number of nitrogens with zero attached hydrogens (tertiary/aromatic N) is 2. The highest BCUT2D eigenvalue weighted by Crippen LogP contribution is 2.34. The quantitative estimate of drug-likeness (QED) is 0.182. The minimum absolute atomic E-state index is 0.0290. The summed E-state index contributed by atoms with van der Waals surface area (Å²) in [6.07, 6.45) is -0.0375. The van der Waals surface area contributed by atoms with E-state index in [-0.39, 0.29) is 59.5 Å². The van der Waals surface area contributed by atoms with Crippen LogP contribution in [0.2, 0.25) is 10.0 Å². The van der Waals surface area contributed by atoms with Crippen LogP contribution in [-0.4, -0.2) is 94.0 Å².